The molecule has 26 heavy (non-hydrogen) atoms. The fourth-order valence-electron chi connectivity index (χ4n) is 3.26. The minimum Gasteiger partial charge on any atom is -0.493 e. The molecule has 5 nitrogen and oxygen atoms in total. The van der Waals surface area contributed by atoms with E-state index in [2.05, 4.69) is 6.07 Å². The first kappa shape index (κ1) is 17.8. The van der Waals surface area contributed by atoms with Gasteiger partial charge in [0.25, 0.3) is 0 Å². The number of ether oxygens (including phenoxy) is 2. The van der Waals surface area contributed by atoms with Crippen LogP contribution in [0.15, 0.2) is 42.5 Å². The maximum absolute atomic E-state index is 10.9. The Labute approximate surface area is 152 Å². The molecule has 0 saturated carbocycles. The summed E-state index contributed by atoms with van der Waals surface area (Å²) in [7, 11) is 0. The van der Waals surface area contributed by atoms with Gasteiger partial charge in [0.1, 0.15) is 11.5 Å². The molecule has 3 rings (SSSR count). The number of carboxylic acids is 1. The van der Waals surface area contributed by atoms with Gasteiger partial charge in [0.05, 0.1) is 31.3 Å². The lowest BCUT2D eigenvalue weighted by molar-refractivity contribution is -0.137. The van der Waals surface area contributed by atoms with Gasteiger partial charge in [-0.2, -0.15) is 5.26 Å². The number of aryl methyl sites for hydroxylation is 1. The van der Waals surface area contributed by atoms with Crippen LogP contribution in [0.5, 0.6) is 11.5 Å². The second kappa shape index (κ2) is 8.39. The Balaban J connectivity index is 1.43. The SMILES string of the molecule is N#Cc1ccc(OCCCOc2ccc3c(c2)CC[C@H]3CC(=O)O)cc1. The monoisotopic (exact) mass is 351 g/mol. The van der Waals surface area contributed by atoms with Crippen LogP contribution in [-0.4, -0.2) is 24.3 Å². The van der Waals surface area contributed by atoms with E-state index < -0.39 is 5.97 Å². The lowest BCUT2D eigenvalue weighted by Gasteiger charge is -2.11. The van der Waals surface area contributed by atoms with Crippen LogP contribution in [0.25, 0.3) is 0 Å². The zero-order valence-corrected chi connectivity index (χ0v) is 14.5. The van der Waals surface area contributed by atoms with Crippen molar-refractivity contribution >= 4 is 5.97 Å². The summed E-state index contributed by atoms with van der Waals surface area (Å²) >= 11 is 0. The first-order valence-corrected chi connectivity index (χ1v) is 8.76. The molecule has 0 aliphatic heterocycles. The molecule has 1 aliphatic carbocycles. The van der Waals surface area contributed by atoms with Crippen molar-refractivity contribution in [2.45, 2.75) is 31.6 Å². The van der Waals surface area contributed by atoms with E-state index in [9.17, 15) is 4.79 Å². The molecule has 1 atom stereocenters. The molecule has 5 heteroatoms. The van der Waals surface area contributed by atoms with Gasteiger partial charge in [-0.1, -0.05) is 6.07 Å². The molecule has 0 amide bonds. The molecule has 134 valence electrons. The number of hydrogen-bond donors (Lipinski definition) is 1. The summed E-state index contributed by atoms with van der Waals surface area (Å²) < 4.78 is 11.4. The van der Waals surface area contributed by atoms with Gasteiger partial charge in [0.2, 0.25) is 0 Å². The fraction of sp³-hybridized carbons (Fsp3) is 0.333. The van der Waals surface area contributed by atoms with Gasteiger partial charge in [-0.15, -0.1) is 0 Å². The first-order chi connectivity index (χ1) is 12.7. The third-order valence-corrected chi connectivity index (χ3v) is 4.55. The standard InChI is InChI=1S/C21H21NO4/c22-14-15-2-6-18(7-3-15)25-10-1-11-26-19-8-9-20-16(12-19)4-5-17(20)13-21(23)24/h2-3,6-9,12,17H,1,4-5,10-11,13H2,(H,23,24)/t17-/m0/s1. The topological polar surface area (TPSA) is 79.5 Å². The lowest BCUT2D eigenvalue weighted by Crippen LogP contribution is -2.05. The number of rotatable bonds is 8. The summed E-state index contributed by atoms with van der Waals surface area (Å²) in [5.41, 5.74) is 2.95. The molecule has 0 unspecified atom stereocenters. The Hall–Kier alpha value is -3.00. The zero-order valence-electron chi connectivity index (χ0n) is 14.5. The van der Waals surface area contributed by atoms with Gasteiger partial charge in [0, 0.05) is 6.42 Å². The summed E-state index contributed by atoms with van der Waals surface area (Å²) in [6.45, 7) is 1.09. The van der Waals surface area contributed by atoms with Crippen LogP contribution in [0, 0.1) is 11.3 Å². The van der Waals surface area contributed by atoms with Crippen LogP contribution < -0.4 is 9.47 Å². The molecule has 0 spiro atoms. The molecule has 0 heterocycles. The predicted molar refractivity (Wildman–Crippen MR) is 96.5 cm³/mol. The first-order valence-electron chi connectivity index (χ1n) is 8.76. The Morgan fingerprint density at radius 2 is 1.81 bits per heavy atom. The molecule has 1 aliphatic rings. The van der Waals surface area contributed by atoms with Gasteiger partial charge >= 0.3 is 5.97 Å². The summed E-state index contributed by atoms with van der Waals surface area (Å²) in [5, 5.41) is 17.7. The van der Waals surface area contributed by atoms with Crippen LogP contribution >= 0.6 is 0 Å². The van der Waals surface area contributed by atoms with Gasteiger partial charge in [-0.3, -0.25) is 4.79 Å². The van der Waals surface area contributed by atoms with E-state index in [1.54, 1.807) is 24.3 Å². The highest BCUT2D eigenvalue weighted by atomic mass is 16.5. The molecule has 2 aromatic carbocycles. The highest BCUT2D eigenvalue weighted by molar-refractivity contribution is 5.68. The highest BCUT2D eigenvalue weighted by Crippen LogP contribution is 2.37. The Morgan fingerprint density at radius 1 is 1.12 bits per heavy atom. The van der Waals surface area contributed by atoms with E-state index in [4.69, 9.17) is 19.8 Å². The lowest BCUT2D eigenvalue weighted by atomic mass is 9.98. The van der Waals surface area contributed by atoms with E-state index in [1.807, 2.05) is 18.2 Å². The molecule has 0 bridgehead atoms. The van der Waals surface area contributed by atoms with Crippen molar-refractivity contribution in [1.82, 2.24) is 0 Å². The summed E-state index contributed by atoms with van der Waals surface area (Å²) in [6, 6.07) is 15.0. The summed E-state index contributed by atoms with van der Waals surface area (Å²) in [4.78, 5) is 10.9. The zero-order chi connectivity index (χ0) is 18.4. The van der Waals surface area contributed by atoms with Crippen LogP contribution in [0.3, 0.4) is 0 Å². The Bertz CT molecular complexity index is 808. The Morgan fingerprint density at radius 3 is 2.50 bits per heavy atom. The van der Waals surface area contributed by atoms with Crippen molar-refractivity contribution in [2.75, 3.05) is 13.2 Å². The van der Waals surface area contributed by atoms with E-state index in [0.717, 1.165) is 36.3 Å². The maximum Gasteiger partial charge on any atom is 0.303 e. The van der Waals surface area contributed by atoms with Crippen LogP contribution in [-0.2, 0) is 11.2 Å². The van der Waals surface area contributed by atoms with Crippen LogP contribution in [0.2, 0.25) is 0 Å². The van der Waals surface area contributed by atoms with Crippen molar-refractivity contribution in [3.05, 3.63) is 59.2 Å². The number of nitriles is 1. The third kappa shape index (κ3) is 4.54. The summed E-state index contributed by atoms with van der Waals surface area (Å²) in [6.07, 6.45) is 2.74. The second-order valence-corrected chi connectivity index (χ2v) is 6.38. The number of carboxylic acid groups (broad SMARTS) is 1. The normalized spacial score (nSPS) is 15.1. The fourth-order valence-corrected chi connectivity index (χ4v) is 3.26. The number of carbonyl (C=O) groups is 1. The maximum atomic E-state index is 10.9. The van der Waals surface area contributed by atoms with Gasteiger partial charge in [-0.25, -0.2) is 0 Å². The minimum atomic E-state index is -0.745. The van der Waals surface area contributed by atoms with Crippen LogP contribution in [0.1, 0.15) is 41.9 Å². The van der Waals surface area contributed by atoms with Crippen LogP contribution in [0.4, 0.5) is 0 Å². The predicted octanol–water partition coefficient (Wildman–Crippen LogP) is 3.91. The van der Waals surface area contributed by atoms with E-state index >= 15 is 0 Å². The molecule has 0 radical (unpaired) electrons. The average molecular weight is 351 g/mol. The number of fused-ring (bicyclic) bond motifs is 1. The largest absolute Gasteiger partial charge is 0.493 e. The van der Waals surface area contributed by atoms with Crippen molar-refractivity contribution in [2.24, 2.45) is 0 Å². The number of benzene rings is 2. The molecular formula is C21H21NO4. The molecule has 1 N–H and O–H groups in total. The quantitative estimate of drug-likeness (QED) is 0.729. The van der Waals surface area contributed by atoms with Crippen molar-refractivity contribution in [3.63, 3.8) is 0 Å². The molecule has 0 saturated heterocycles. The number of hydrogen-bond acceptors (Lipinski definition) is 4. The van der Waals surface area contributed by atoms with E-state index in [-0.39, 0.29) is 12.3 Å². The molecule has 0 aromatic heterocycles. The highest BCUT2D eigenvalue weighted by Gasteiger charge is 2.24. The van der Waals surface area contributed by atoms with Gasteiger partial charge < -0.3 is 14.6 Å². The summed E-state index contributed by atoms with van der Waals surface area (Å²) in [5.74, 6) is 0.937. The third-order valence-electron chi connectivity index (χ3n) is 4.55. The van der Waals surface area contributed by atoms with Gasteiger partial charge in [-0.05, 0) is 66.3 Å². The minimum absolute atomic E-state index is 0.123. The smallest absolute Gasteiger partial charge is 0.303 e. The number of aliphatic carboxylic acids is 1. The number of nitrogens with zero attached hydrogens (tertiary/aromatic N) is 1. The van der Waals surface area contributed by atoms with Gasteiger partial charge in [0.15, 0.2) is 0 Å². The average Bonchev–Trinajstić information content (AvgIpc) is 3.03. The van der Waals surface area contributed by atoms with Crippen molar-refractivity contribution < 1.29 is 19.4 Å². The molecule has 0 fully saturated rings. The molecule has 2 aromatic rings. The van der Waals surface area contributed by atoms with Crippen molar-refractivity contribution in [3.8, 4) is 17.6 Å². The van der Waals surface area contributed by atoms with E-state index in [0.29, 0.717) is 18.8 Å². The second-order valence-electron chi connectivity index (χ2n) is 6.38. The van der Waals surface area contributed by atoms with E-state index in [1.165, 1.54) is 5.56 Å². The van der Waals surface area contributed by atoms with Crippen molar-refractivity contribution in [1.29, 1.82) is 5.26 Å². The molecular weight excluding hydrogens is 330 g/mol. The Kier molecular flexibility index (Phi) is 5.75.